The Kier molecular flexibility index (Phi) is 6.52. The number of rotatable bonds is 5. The number of aromatic nitrogens is 1. The van der Waals surface area contributed by atoms with Crippen molar-refractivity contribution in [3.63, 3.8) is 0 Å². The van der Waals surface area contributed by atoms with E-state index in [9.17, 15) is 0 Å². The molecule has 6 nitrogen and oxygen atoms in total. The van der Waals surface area contributed by atoms with Crippen molar-refractivity contribution >= 4 is 17.2 Å². The van der Waals surface area contributed by atoms with Crippen LogP contribution in [0.5, 0.6) is 5.88 Å². The molecule has 32 heavy (non-hydrogen) atoms. The van der Waals surface area contributed by atoms with Crippen LogP contribution in [-0.2, 0) is 4.74 Å². The van der Waals surface area contributed by atoms with Crippen LogP contribution in [-0.4, -0.2) is 57.0 Å². The molecule has 0 aliphatic carbocycles. The minimum absolute atomic E-state index is 0.302. The fourth-order valence-corrected chi connectivity index (χ4v) is 4.67. The van der Waals surface area contributed by atoms with Gasteiger partial charge in [0.25, 0.3) is 0 Å². The van der Waals surface area contributed by atoms with Crippen molar-refractivity contribution < 1.29 is 9.47 Å². The average Bonchev–Trinajstić information content (AvgIpc) is 3.23. The summed E-state index contributed by atoms with van der Waals surface area (Å²) in [6.07, 6.45) is 2.29. The molecular weight excluding hydrogens is 400 g/mol. The number of anilines is 3. The molecule has 3 heterocycles. The fraction of sp³-hybridized carbons (Fsp3) is 0.577. The van der Waals surface area contributed by atoms with Crippen LogP contribution in [0.2, 0.25) is 0 Å². The first-order chi connectivity index (χ1) is 15.2. The Morgan fingerprint density at radius 1 is 1.09 bits per heavy atom. The molecule has 0 amide bonds. The number of pyridine rings is 1. The normalized spacial score (nSPS) is 21.7. The van der Waals surface area contributed by atoms with Crippen LogP contribution in [0.4, 0.5) is 17.2 Å². The summed E-state index contributed by atoms with van der Waals surface area (Å²) in [4.78, 5) is 12.0. The first kappa shape index (κ1) is 22.7. The second kappa shape index (κ2) is 9.18. The van der Waals surface area contributed by atoms with Crippen molar-refractivity contribution in [2.45, 2.75) is 58.2 Å². The lowest BCUT2D eigenvalue weighted by atomic mass is 10.0. The largest absolute Gasteiger partial charge is 0.472 e. The molecule has 2 aliphatic heterocycles. The number of hydrogen-bond acceptors (Lipinski definition) is 6. The lowest BCUT2D eigenvalue weighted by molar-refractivity contribution is 0.0986. The highest BCUT2D eigenvalue weighted by molar-refractivity contribution is 5.60. The van der Waals surface area contributed by atoms with Crippen molar-refractivity contribution in [2.75, 3.05) is 55.1 Å². The molecule has 1 aromatic heterocycles. The Bertz CT molecular complexity index is 924. The van der Waals surface area contributed by atoms with Gasteiger partial charge in [0.15, 0.2) is 0 Å². The van der Waals surface area contributed by atoms with Crippen molar-refractivity contribution in [1.29, 1.82) is 0 Å². The van der Waals surface area contributed by atoms with Crippen molar-refractivity contribution in [3.8, 4) is 5.88 Å². The quantitative estimate of drug-likeness (QED) is 0.662. The molecule has 2 atom stereocenters. The molecule has 0 spiro atoms. The number of morpholine rings is 1. The smallest absolute Gasteiger partial charge is 0.217 e. The number of benzene rings is 1. The van der Waals surface area contributed by atoms with Crippen LogP contribution in [0.25, 0.3) is 0 Å². The number of ether oxygens (including phenoxy) is 2. The molecule has 2 aromatic rings. The Labute approximate surface area is 193 Å². The second-order valence-corrected chi connectivity index (χ2v) is 10.2. The van der Waals surface area contributed by atoms with Gasteiger partial charge in [0.1, 0.15) is 11.4 Å². The van der Waals surface area contributed by atoms with Gasteiger partial charge in [-0.05, 0) is 58.2 Å². The summed E-state index contributed by atoms with van der Waals surface area (Å²) < 4.78 is 11.9. The van der Waals surface area contributed by atoms with Crippen LogP contribution in [0.3, 0.4) is 0 Å². The zero-order chi connectivity index (χ0) is 22.9. The molecule has 0 bridgehead atoms. The highest BCUT2D eigenvalue weighted by Gasteiger charge is 2.30. The Balaban J connectivity index is 1.71. The van der Waals surface area contributed by atoms with Crippen LogP contribution < -0.4 is 19.4 Å². The van der Waals surface area contributed by atoms with Gasteiger partial charge in [-0.3, -0.25) is 0 Å². The summed E-state index contributed by atoms with van der Waals surface area (Å²) in [5, 5.41) is 0. The van der Waals surface area contributed by atoms with Gasteiger partial charge in [0, 0.05) is 56.7 Å². The predicted octanol–water partition coefficient (Wildman–Crippen LogP) is 4.89. The minimum atomic E-state index is -0.302. The van der Waals surface area contributed by atoms with E-state index in [4.69, 9.17) is 14.5 Å². The Morgan fingerprint density at radius 3 is 2.62 bits per heavy atom. The van der Waals surface area contributed by atoms with Gasteiger partial charge < -0.3 is 24.2 Å². The molecule has 2 unspecified atom stereocenters. The van der Waals surface area contributed by atoms with Gasteiger partial charge in [-0.2, -0.15) is 4.98 Å². The number of nitrogens with zero attached hydrogens (tertiary/aromatic N) is 4. The van der Waals surface area contributed by atoms with E-state index in [0.29, 0.717) is 18.0 Å². The molecule has 1 aromatic carbocycles. The molecule has 0 N–H and O–H groups in total. The van der Waals surface area contributed by atoms with Gasteiger partial charge in [-0.25, -0.2) is 0 Å². The maximum Gasteiger partial charge on any atom is 0.217 e. The van der Waals surface area contributed by atoms with Crippen LogP contribution >= 0.6 is 0 Å². The van der Waals surface area contributed by atoms with Crippen molar-refractivity contribution in [3.05, 3.63) is 42.0 Å². The summed E-state index contributed by atoms with van der Waals surface area (Å²) in [5.74, 6) is 1.69. The molecule has 2 fully saturated rings. The first-order valence-electron chi connectivity index (χ1n) is 11.8. The highest BCUT2D eigenvalue weighted by atomic mass is 16.5. The van der Waals surface area contributed by atoms with E-state index >= 15 is 0 Å². The van der Waals surface area contributed by atoms with E-state index < -0.39 is 0 Å². The van der Waals surface area contributed by atoms with E-state index in [1.807, 2.05) is 0 Å². The second-order valence-electron chi connectivity index (χ2n) is 10.2. The summed E-state index contributed by atoms with van der Waals surface area (Å²) in [5.41, 5.74) is 3.44. The van der Waals surface area contributed by atoms with E-state index in [1.54, 1.807) is 0 Å². The summed E-state index contributed by atoms with van der Waals surface area (Å²) in [6.45, 7) is 11.8. The first-order valence-corrected chi connectivity index (χ1v) is 11.8. The lowest BCUT2D eigenvalue weighted by Gasteiger charge is -2.36. The van der Waals surface area contributed by atoms with Crippen LogP contribution in [0.1, 0.15) is 52.1 Å². The monoisotopic (exact) mass is 438 g/mol. The van der Waals surface area contributed by atoms with Gasteiger partial charge in [0.05, 0.1) is 19.3 Å². The van der Waals surface area contributed by atoms with Crippen molar-refractivity contribution in [2.24, 2.45) is 0 Å². The standard InChI is InChI=1S/C26H38N4O2/c1-19-18-31-14-13-29(19)22-16-24(27-25(17-22)32-26(2,3)4)30-12-8-11-23(30)20-9-7-10-21(15-20)28(5)6/h7,9-10,15-17,19,23H,8,11-14,18H2,1-6H3. The summed E-state index contributed by atoms with van der Waals surface area (Å²) >= 11 is 0. The zero-order valence-electron chi connectivity index (χ0n) is 20.5. The van der Waals surface area contributed by atoms with Crippen molar-refractivity contribution in [1.82, 2.24) is 4.98 Å². The van der Waals surface area contributed by atoms with Gasteiger partial charge in [-0.1, -0.05) is 12.1 Å². The predicted molar refractivity (Wildman–Crippen MR) is 132 cm³/mol. The van der Waals surface area contributed by atoms with E-state index in [1.165, 1.54) is 11.3 Å². The maximum absolute atomic E-state index is 6.26. The van der Waals surface area contributed by atoms with Crippen LogP contribution in [0.15, 0.2) is 36.4 Å². The molecule has 174 valence electrons. The van der Waals surface area contributed by atoms with Crippen LogP contribution in [0, 0.1) is 0 Å². The van der Waals surface area contributed by atoms with Gasteiger partial charge in [0.2, 0.25) is 5.88 Å². The van der Waals surface area contributed by atoms with E-state index in [2.05, 4.69) is 92.9 Å². The van der Waals surface area contributed by atoms with E-state index in [0.717, 1.165) is 50.7 Å². The Hall–Kier alpha value is -2.47. The maximum atomic E-state index is 6.26. The SMILES string of the molecule is CC1COCCN1c1cc(OC(C)(C)C)nc(N2CCCC2c2cccc(N(C)C)c2)c1. The summed E-state index contributed by atoms with van der Waals surface area (Å²) in [6, 6.07) is 13.9. The molecule has 2 saturated heterocycles. The molecule has 0 saturated carbocycles. The fourth-order valence-electron chi connectivity index (χ4n) is 4.67. The zero-order valence-corrected chi connectivity index (χ0v) is 20.5. The van der Waals surface area contributed by atoms with E-state index in [-0.39, 0.29) is 5.60 Å². The third kappa shape index (κ3) is 5.12. The molecule has 2 aliphatic rings. The lowest BCUT2D eigenvalue weighted by Crippen LogP contribution is -2.43. The molecule has 0 radical (unpaired) electrons. The number of hydrogen-bond donors (Lipinski definition) is 0. The van der Waals surface area contributed by atoms with Gasteiger partial charge in [-0.15, -0.1) is 0 Å². The summed E-state index contributed by atoms with van der Waals surface area (Å²) in [7, 11) is 4.19. The molecule has 4 rings (SSSR count). The minimum Gasteiger partial charge on any atom is -0.472 e. The average molecular weight is 439 g/mol. The third-order valence-electron chi connectivity index (χ3n) is 6.20. The van der Waals surface area contributed by atoms with Gasteiger partial charge >= 0.3 is 0 Å². The highest BCUT2D eigenvalue weighted by Crippen LogP contribution is 2.39. The third-order valence-corrected chi connectivity index (χ3v) is 6.20. The topological polar surface area (TPSA) is 41.1 Å². The molecular formula is C26H38N4O2. The molecule has 6 heteroatoms. The Morgan fingerprint density at radius 2 is 1.91 bits per heavy atom.